The van der Waals surface area contributed by atoms with Crippen LogP contribution in [0.4, 0.5) is 13.6 Å². The van der Waals surface area contributed by atoms with Crippen LogP contribution in [0.2, 0.25) is 0 Å². The number of halogens is 2. The first-order chi connectivity index (χ1) is 15.8. The van der Waals surface area contributed by atoms with Gasteiger partial charge in [0.2, 0.25) is 0 Å². The molecule has 1 N–H and O–H groups in total. The Hall–Kier alpha value is -3.60. The average molecular weight is 478 g/mol. The lowest BCUT2D eigenvalue weighted by atomic mass is 10.2. The van der Waals surface area contributed by atoms with Crippen molar-refractivity contribution in [1.82, 2.24) is 10.2 Å². The molecule has 3 amide bonds. The summed E-state index contributed by atoms with van der Waals surface area (Å²) in [6, 6.07) is 10.3. The summed E-state index contributed by atoms with van der Waals surface area (Å²) in [6.07, 6.45) is 1.58. The Balaban J connectivity index is 1.58. The molecule has 0 bridgehead atoms. The van der Waals surface area contributed by atoms with E-state index in [1.807, 2.05) is 0 Å². The topological polar surface area (TPSA) is 94.2 Å². The van der Waals surface area contributed by atoms with Gasteiger partial charge in [-0.05, 0) is 59.8 Å². The van der Waals surface area contributed by atoms with Gasteiger partial charge in [-0.3, -0.25) is 19.3 Å². The van der Waals surface area contributed by atoms with Crippen molar-refractivity contribution in [2.75, 3.05) is 27.3 Å². The van der Waals surface area contributed by atoms with E-state index in [9.17, 15) is 23.2 Å². The normalized spacial score (nSPS) is 14.7. The minimum Gasteiger partial charge on any atom is -0.493 e. The number of hydrogen-bond donors (Lipinski definition) is 1. The van der Waals surface area contributed by atoms with Gasteiger partial charge in [-0.15, -0.1) is 0 Å². The van der Waals surface area contributed by atoms with E-state index < -0.39 is 23.7 Å². The molecule has 1 aliphatic heterocycles. The first kappa shape index (κ1) is 24.1. The molecule has 0 unspecified atom stereocenters. The van der Waals surface area contributed by atoms with Gasteiger partial charge in [0.1, 0.15) is 5.75 Å². The molecule has 3 rings (SSSR count). The predicted molar refractivity (Wildman–Crippen MR) is 118 cm³/mol. The highest BCUT2D eigenvalue weighted by Crippen LogP contribution is 2.34. The third-order valence-corrected chi connectivity index (χ3v) is 5.45. The molecule has 2 aromatic rings. The third kappa shape index (κ3) is 6.01. The maximum absolute atomic E-state index is 12.6. The Kier molecular flexibility index (Phi) is 7.88. The number of carbonyl (C=O) groups excluding carboxylic acids is 3. The number of hydrogen-bond acceptors (Lipinski definition) is 7. The van der Waals surface area contributed by atoms with E-state index in [4.69, 9.17) is 9.47 Å². The maximum atomic E-state index is 12.6. The van der Waals surface area contributed by atoms with Crippen LogP contribution in [0.3, 0.4) is 0 Å². The summed E-state index contributed by atoms with van der Waals surface area (Å²) in [5.74, 6) is 0.00581. The van der Waals surface area contributed by atoms with E-state index in [-0.39, 0.29) is 29.3 Å². The SMILES string of the molecule is COc1ccc(/C=C2/SC(=O)N(CCNC(=O)c3ccc(OC(F)F)cc3)C2=O)cc1OC. The number of nitrogens with one attached hydrogen (secondary N) is 1. The van der Waals surface area contributed by atoms with Gasteiger partial charge in [-0.1, -0.05) is 6.07 Å². The highest BCUT2D eigenvalue weighted by molar-refractivity contribution is 8.18. The van der Waals surface area contributed by atoms with Crippen LogP contribution in [0.15, 0.2) is 47.4 Å². The van der Waals surface area contributed by atoms with Crippen LogP contribution in [0, 0.1) is 0 Å². The number of amides is 3. The number of alkyl halides is 2. The van der Waals surface area contributed by atoms with Gasteiger partial charge in [0.25, 0.3) is 17.1 Å². The second kappa shape index (κ2) is 10.8. The van der Waals surface area contributed by atoms with Crippen LogP contribution < -0.4 is 19.5 Å². The summed E-state index contributed by atoms with van der Waals surface area (Å²) in [5.41, 5.74) is 0.879. The molecule has 8 nitrogen and oxygen atoms in total. The Morgan fingerprint density at radius 3 is 2.42 bits per heavy atom. The predicted octanol–water partition coefficient (Wildman–Crippen LogP) is 3.77. The molecular formula is C22H20F2N2O6S. The largest absolute Gasteiger partial charge is 0.493 e. The van der Waals surface area contributed by atoms with Crippen molar-refractivity contribution >= 4 is 34.9 Å². The molecule has 0 aliphatic carbocycles. The van der Waals surface area contributed by atoms with Crippen molar-refractivity contribution < 1.29 is 37.4 Å². The molecule has 0 spiro atoms. The number of imide groups is 1. The van der Waals surface area contributed by atoms with Crippen LogP contribution in [-0.4, -0.2) is 55.9 Å². The van der Waals surface area contributed by atoms with Crippen LogP contribution >= 0.6 is 11.8 Å². The van der Waals surface area contributed by atoms with Gasteiger partial charge in [0.05, 0.1) is 19.1 Å². The van der Waals surface area contributed by atoms with Crippen molar-refractivity contribution in [3.63, 3.8) is 0 Å². The van der Waals surface area contributed by atoms with Gasteiger partial charge in [0, 0.05) is 18.7 Å². The Bertz CT molecular complexity index is 1080. The summed E-state index contributed by atoms with van der Waals surface area (Å²) in [4.78, 5) is 38.4. The number of thioether (sulfide) groups is 1. The van der Waals surface area contributed by atoms with Crippen LogP contribution in [0.1, 0.15) is 15.9 Å². The summed E-state index contributed by atoms with van der Waals surface area (Å²) >= 11 is 0.800. The first-order valence-electron chi connectivity index (χ1n) is 9.63. The molecule has 11 heteroatoms. The standard InChI is InChI=1S/C22H20F2N2O6S/c1-30-16-8-3-13(11-17(16)31-2)12-18-20(28)26(22(29)33-18)10-9-25-19(27)14-4-6-15(7-5-14)32-21(23)24/h3-8,11-12,21H,9-10H2,1-2H3,(H,25,27)/b18-12+. The van der Waals surface area contributed by atoms with Crippen LogP contribution in [0.25, 0.3) is 6.08 Å². The van der Waals surface area contributed by atoms with E-state index >= 15 is 0 Å². The molecule has 0 atom stereocenters. The average Bonchev–Trinajstić information content (AvgIpc) is 3.06. The fraction of sp³-hybridized carbons (Fsp3) is 0.227. The minimum absolute atomic E-state index is 0.0216. The first-order valence-corrected chi connectivity index (χ1v) is 10.4. The van der Waals surface area contributed by atoms with E-state index in [2.05, 4.69) is 10.1 Å². The molecule has 0 saturated carbocycles. The second-order valence-electron chi connectivity index (χ2n) is 6.61. The summed E-state index contributed by atoms with van der Waals surface area (Å²) < 4.78 is 39.0. The lowest BCUT2D eigenvalue weighted by Crippen LogP contribution is -2.37. The van der Waals surface area contributed by atoms with Crippen molar-refractivity contribution in [3.05, 3.63) is 58.5 Å². The second-order valence-corrected chi connectivity index (χ2v) is 7.60. The van der Waals surface area contributed by atoms with Gasteiger partial charge in [-0.25, -0.2) is 0 Å². The molecule has 1 saturated heterocycles. The van der Waals surface area contributed by atoms with Crippen molar-refractivity contribution in [1.29, 1.82) is 0 Å². The number of rotatable bonds is 9. The van der Waals surface area contributed by atoms with Crippen molar-refractivity contribution in [3.8, 4) is 17.2 Å². The van der Waals surface area contributed by atoms with Crippen LogP contribution in [-0.2, 0) is 4.79 Å². The van der Waals surface area contributed by atoms with E-state index in [0.29, 0.717) is 17.1 Å². The number of methoxy groups -OCH3 is 2. The van der Waals surface area contributed by atoms with Gasteiger partial charge in [0.15, 0.2) is 11.5 Å². The minimum atomic E-state index is -2.95. The number of ether oxygens (including phenoxy) is 3. The quantitative estimate of drug-likeness (QED) is 0.549. The lowest BCUT2D eigenvalue weighted by Gasteiger charge is -2.13. The Morgan fingerprint density at radius 1 is 1.09 bits per heavy atom. The van der Waals surface area contributed by atoms with Gasteiger partial charge in [-0.2, -0.15) is 8.78 Å². The Labute approximate surface area is 192 Å². The third-order valence-electron chi connectivity index (χ3n) is 4.54. The maximum Gasteiger partial charge on any atom is 0.387 e. The molecule has 1 fully saturated rings. The number of benzene rings is 2. The molecular weight excluding hydrogens is 458 g/mol. The molecule has 2 aromatic carbocycles. The number of carbonyl (C=O) groups is 3. The lowest BCUT2D eigenvalue weighted by molar-refractivity contribution is -0.122. The zero-order valence-electron chi connectivity index (χ0n) is 17.7. The van der Waals surface area contributed by atoms with E-state index in [0.717, 1.165) is 16.7 Å². The molecule has 0 radical (unpaired) electrons. The number of nitrogens with zero attached hydrogens (tertiary/aromatic N) is 1. The monoisotopic (exact) mass is 478 g/mol. The fourth-order valence-corrected chi connectivity index (χ4v) is 3.82. The highest BCUT2D eigenvalue weighted by atomic mass is 32.2. The van der Waals surface area contributed by atoms with E-state index in [1.165, 1.54) is 38.5 Å². The molecule has 0 aromatic heterocycles. The molecule has 33 heavy (non-hydrogen) atoms. The zero-order valence-corrected chi connectivity index (χ0v) is 18.5. The molecule has 1 heterocycles. The zero-order chi connectivity index (χ0) is 24.0. The fourth-order valence-electron chi connectivity index (χ4n) is 2.96. The summed E-state index contributed by atoms with van der Waals surface area (Å²) in [7, 11) is 3.01. The van der Waals surface area contributed by atoms with Gasteiger partial charge < -0.3 is 19.5 Å². The Morgan fingerprint density at radius 2 is 1.79 bits per heavy atom. The highest BCUT2D eigenvalue weighted by Gasteiger charge is 2.34. The van der Waals surface area contributed by atoms with E-state index in [1.54, 1.807) is 24.3 Å². The van der Waals surface area contributed by atoms with Crippen molar-refractivity contribution in [2.45, 2.75) is 6.61 Å². The molecule has 174 valence electrons. The summed E-state index contributed by atoms with van der Waals surface area (Å²) in [5, 5.41) is 2.14. The summed E-state index contributed by atoms with van der Waals surface area (Å²) in [6.45, 7) is -2.95. The van der Waals surface area contributed by atoms with Crippen molar-refractivity contribution in [2.24, 2.45) is 0 Å². The van der Waals surface area contributed by atoms with Crippen LogP contribution in [0.5, 0.6) is 17.2 Å². The van der Waals surface area contributed by atoms with Gasteiger partial charge >= 0.3 is 6.61 Å². The molecule has 1 aliphatic rings. The smallest absolute Gasteiger partial charge is 0.387 e.